The van der Waals surface area contributed by atoms with Crippen LogP contribution in [0, 0.1) is 0 Å². The van der Waals surface area contributed by atoms with E-state index in [4.69, 9.17) is 0 Å². The van der Waals surface area contributed by atoms with Crippen molar-refractivity contribution in [3.05, 3.63) is 36.8 Å². The molecule has 0 aliphatic carbocycles. The summed E-state index contributed by atoms with van der Waals surface area (Å²) in [5.74, 6) is 1.19. The number of aromatic nitrogens is 3. The maximum Gasteiger partial charge on any atom is 0.322 e. The third kappa shape index (κ3) is 3.42. The molecule has 7 nitrogen and oxygen atoms in total. The van der Waals surface area contributed by atoms with Crippen LogP contribution in [0.25, 0.3) is 5.82 Å². The highest BCUT2D eigenvalue weighted by molar-refractivity contribution is 7.86. The molecule has 0 radical (unpaired) electrons. The van der Waals surface area contributed by atoms with Gasteiger partial charge in [-0.2, -0.15) is 5.10 Å². The lowest BCUT2D eigenvalue weighted by Gasteiger charge is -2.37. The Hall–Kier alpha value is -2.22. The van der Waals surface area contributed by atoms with Crippen LogP contribution in [-0.2, 0) is 10.8 Å². The molecule has 3 rings (SSSR count). The summed E-state index contributed by atoms with van der Waals surface area (Å²) in [6.45, 7) is 4.80. The van der Waals surface area contributed by atoms with Gasteiger partial charge >= 0.3 is 6.03 Å². The fraction of sp³-hybridized carbons (Fsp3) is 0.400. The zero-order valence-corrected chi connectivity index (χ0v) is 13.9. The van der Waals surface area contributed by atoms with Gasteiger partial charge in [-0.1, -0.05) is 6.07 Å². The van der Waals surface area contributed by atoms with Crippen LogP contribution in [0.4, 0.5) is 10.5 Å². The van der Waals surface area contributed by atoms with Crippen molar-refractivity contribution in [2.75, 3.05) is 24.2 Å². The molecule has 1 atom stereocenters. The Morgan fingerprint density at radius 1 is 1.39 bits per heavy atom. The molecule has 0 spiro atoms. The van der Waals surface area contributed by atoms with Crippen LogP contribution >= 0.6 is 0 Å². The SMILES string of the molecule is CC1(C)CN(C(=O)Nc2cnn(-c3ccccn3)c2)CC[S@]1=O. The van der Waals surface area contributed by atoms with E-state index in [0.29, 0.717) is 30.3 Å². The number of hydrogen-bond acceptors (Lipinski definition) is 4. The highest BCUT2D eigenvalue weighted by atomic mass is 32.2. The monoisotopic (exact) mass is 333 g/mol. The number of hydrogen-bond donors (Lipinski definition) is 1. The average molecular weight is 333 g/mol. The third-order valence-corrected chi connectivity index (χ3v) is 5.65. The van der Waals surface area contributed by atoms with Crippen LogP contribution < -0.4 is 5.32 Å². The number of carbonyl (C=O) groups is 1. The zero-order chi connectivity index (χ0) is 16.4. The van der Waals surface area contributed by atoms with E-state index in [1.165, 1.54) is 0 Å². The van der Waals surface area contributed by atoms with Gasteiger partial charge in [-0.15, -0.1) is 0 Å². The van der Waals surface area contributed by atoms with Crippen molar-refractivity contribution in [2.24, 2.45) is 0 Å². The minimum Gasteiger partial charge on any atom is -0.322 e. The Bertz CT molecular complexity index is 728. The van der Waals surface area contributed by atoms with E-state index in [9.17, 15) is 9.00 Å². The van der Waals surface area contributed by atoms with E-state index in [-0.39, 0.29) is 10.8 Å². The molecule has 2 amide bonds. The van der Waals surface area contributed by atoms with E-state index < -0.39 is 10.8 Å². The van der Waals surface area contributed by atoms with Gasteiger partial charge in [0.05, 0.1) is 22.8 Å². The Morgan fingerprint density at radius 2 is 2.22 bits per heavy atom. The van der Waals surface area contributed by atoms with Gasteiger partial charge in [0.25, 0.3) is 0 Å². The molecule has 1 N–H and O–H groups in total. The molecule has 2 aromatic heterocycles. The number of nitrogens with one attached hydrogen (secondary N) is 1. The molecule has 1 saturated heterocycles. The maximum atomic E-state index is 12.4. The van der Waals surface area contributed by atoms with Crippen molar-refractivity contribution in [1.82, 2.24) is 19.7 Å². The van der Waals surface area contributed by atoms with Gasteiger partial charge < -0.3 is 10.2 Å². The quantitative estimate of drug-likeness (QED) is 0.906. The standard InChI is InChI=1S/C15H19N5O2S/c1-15(2)11-19(7-8-23(15)22)14(21)18-12-9-17-20(10-12)13-5-3-4-6-16-13/h3-6,9-10H,7-8,11H2,1-2H3,(H,18,21)/t23-/m1/s1. The Morgan fingerprint density at radius 3 is 2.91 bits per heavy atom. The van der Waals surface area contributed by atoms with Crippen molar-refractivity contribution in [1.29, 1.82) is 0 Å². The maximum absolute atomic E-state index is 12.4. The molecule has 0 saturated carbocycles. The fourth-order valence-electron chi connectivity index (χ4n) is 2.46. The normalized spacial score (nSPS) is 20.3. The Labute approximate surface area is 137 Å². The third-order valence-electron chi connectivity index (χ3n) is 3.74. The molecule has 8 heteroatoms. The zero-order valence-electron chi connectivity index (χ0n) is 13.1. The summed E-state index contributed by atoms with van der Waals surface area (Å²) in [5.41, 5.74) is 0.602. The lowest BCUT2D eigenvalue weighted by atomic mass is 10.2. The first kappa shape index (κ1) is 15.7. The smallest absolute Gasteiger partial charge is 0.322 e. The molecular weight excluding hydrogens is 314 g/mol. The van der Waals surface area contributed by atoms with Crippen LogP contribution in [0.15, 0.2) is 36.8 Å². The summed E-state index contributed by atoms with van der Waals surface area (Å²) in [4.78, 5) is 18.3. The minimum atomic E-state index is -0.901. The second-order valence-corrected chi connectivity index (χ2v) is 8.23. The van der Waals surface area contributed by atoms with Gasteiger partial charge in [-0.05, 0) is 26.0 Å². The molecular formula is C15H19N5O2S. The lowest BCUT2D eigenvalue weighted by molar-refractivity contribution is 0.207. The van der Waals surface area contributed by atoms with Crippen molar-refractivity contribution >= 4 is 22.5 Å². The molecule has 1 fully saturated rings. The highest BCUT2D eigenvalue weighted by Gasteiger charge is 2.35. The summed E-state index contributed by atoms with van der Waals surface area (Å²) < 4.78 is 13.2. The average Bonchev–Trinajstić information content (AvgIpc) is 2.99. The summed E-state index contributed by atoms with van der Waals surface area (Å²) in [6, 6.07) is 5.34. The highest BCUT2D eigenvalue weighted by Crippen LogP contribution is 2.21. The molecule has 3 heterocycles. The van der Waals surface area contributed by atoms with E-state index in [2.05, 4.69) is 15.4 Å². The predicted octanol–water partition coefficient (Wildman–Crippen LogP) is 1.64. The van der Waals surface area contributed by atoms with E-state index in [1.54, 1.807) is 28.2 Å². The van der Waals surface area contributed by atoms with Gasteiger partial charge in [-0.3, -0.25) is 4.21 Å². The second kappa shape index (κ2) is 6.11. The summed E-state index contributed by atoms with van der Waals surface area (Å²) in [5, 5.41) is 7.03. The predicted molar refractivity (Wildman–Crippen MR) is 89.0 cm³/mol. The molecule has 2 aromatic rings. The van der Waals surface area contributed by atoms with Crippen LogP contribution in [-0.4, -0.2) is 53.5 Å². The number of urea groups is 1. The fourth-order valence-corrected chi connectivity index (χ4v) is 3.70. The van der Waals surface area contributed by atoms with Crippen LogP contribution in [0.3, 0.4) is 0 Å². The van der Waals surface area contributed by atoms with Gasteiger partial charge in [0.2, 0.25) is 0 Å². The van der Waals surface area contributed by atoms with Crippen LogP contribution in [0.5, 0.6) is 0 Å². The van der Waals surface area contributed by atoms with E-state index in [1.807, 2.05) is 32.0 Å². The largest absolute Gasteiger partial charge is 0.322 e. The molecule has 1 aliphatic heterocycles. The summed E-state index contributed by atoms with van der Waals surface area (Å²) >= 11 is 0. The first-order chi connectivity index (χ1) is 11.0. The first-order valence-corrected chi connectivity index (χ1v) is 8.68. The van der Waals surface area contributed by atoms with E-state index >= 15 is 0 Å². The molecule has 0 unspecified atom stereocenters. The number of amides is 2. The molecule has 0 aromatic carbocycles. The minimum absolute atomic E-state index is 0.199. The number of pyridine rings is 1. The summed E-state index contributed by atoms with van der Waals surface area (Å²) in [7, 11) is -0.901. The van der Waals surface area contributed by atoms with Crippen LogP contribution in [0.2, 0.25) is 0 Å². The van der Waals surface area contributed by atoms with E-state index in [0.717, 1.165) is 0 Å². The lowest BCUT2D eigenvalue weighted by Crippen LogP contribution is -2.53. The van der Waals surface area contributed by atoms with Crippen molar-refractivity contribution in [3.8, 4) is 5.82 Å². The summed E-state index contributed by atoms with van der Waals surface area (Å²) in [6.07, 6.45) is 4.98. The van der Waals surface area contributed by atoms with Crippen molar-refractivity contribution in [3.63, 3.8) is 0 Å². The van der Waals surface area contributed by atoms with Gasteiger partial charge in [0, 0.05) is 35.8 Å². The Balaban J connectivity index is 1.67. The number of carbonyl (C=O) groups excluding carboxylic acids is 1. The first-order valence-electron chi connectivity index (χ1n) is 7.36. The number of anilines is 1. The topological polar surface area (TPSA) is 80.1 Å². The van der Waals surface area contributed by atoms with Crippen LogP contribution in [0.1, 0.15) is 13.8 Å². The molecule has 23 heavy (non-hydrogen) atoms. The Kier molecular flexibility index (Phi) is 4.16. The van der Waals surface area contributed by atoms with Gasteiger partial charge in [-0.25, -0.2) is 14.5 Å². The molecule has 122 valence electrons. The van der Waals surface area contributed by atoms with Gasteiger partial charge in [0.15, 0.2) is 5.82 Å². The van der Waals surface area contributed by atoms with Crippen molar-refractivity contribution < 1.29 is 9.00 Å². The van der Waals surface area contributed by atoms with Crippen molar-refractivity contribution in [2.45, 2.75) is 18.6 Å². The number of rotatable bonds is 2. The molecule has 0 bridgehead atoms. The second-order valence-electron chi connectivity index (χ2n) is 6.02. The van der Waals surface area contributed by atoms with Gasteiger partial charge in [0.1, 0.15) is 0 Å². The number of nitrogens with zero attached hydrogens (tertiary/aromatic N) is 4. The molecule has 1 aliphatic rings.